The topological polar surface area (TPSA) is 24.9 Å². The predicted octanol–water partition coefficient (Wildman–Crippen LogP) is 5.47. The number of hydrogen-bond acceptors (Lipinski definition) is 4. The van der Waals surface area contributed by atoms with Gasteiger partial charge in [0.05, 0.1) is 14.9 Å². The van der Waals surface area contributed by atoms with Gasteiger partial charge in [0.25, 0.3) is 0 Å². The Balaban J connectivity index is 1.57. The second-order valence-corrected chi connectivity index (χ2v) is 7.19. The zero-order valence-electron chi connectivity index (χ0n) is 11.0. The quantitative estimate of drug-likeness (QED) is 0.657. The third-order valence-electron chi connectivity index (χ3n) is 2.95. The van der Waals surface area contributed by atoms with Gasteiger partial charge in [-0.15, -0.1) is 11.3 Å². The minimum atomic E-state index is 0.584. The maximum atomic E-state index is 6.00. The van der Waals surface area contributed by atoms with Gasteiger partial charge in [0.15, 0.2) is 0 Å². The van der Waals surface area contributed by atoms with E-state index < -0.39 is 0 Å². The number of nitrogens with one attached hydrogen (secondary N) is 1. The van der Waals surface area contributed by atoms with Gasteiger partial charge in [-0.1, -0.05) is 29.3 Å². The van der Waals surface area contributed by atoms with Gasteiger partial charge in [-0.05, 0) is 34.5 Å². The van der Waals surface area contributed by atoms with Crippen molar-refractivity contribution in [2.75, 3.05) is 0 Å². The molecule has 3 rings (SSSR count). The van der Waals surface area contributed by atoms with Crippen LogP contribution < -0.4 is 5.32 Å². The molecule has 0 atom stereocenters. The highest BCUT2D eigenvalue weighted by Crippen LogP contribution is 2.28. The van der Waals surface area contributed by atoms with Crippen LogP contribution in [0.2, 0.25) is 10.0 Å². The average molecular weight is 355 g/mol. The summed E-state index contributed by atoms with van der Waals surface area (Å²) in [6.07, 6.45) is 1.93. The monoisotopic (exact) mass is 354 g/mol. The fourth-order valence-electron chi connectivity index (χ4n) is 1.89. The Morgan fingerprint density at radius 2 is 2.00 bits per heavy atom. The molecular formula is C15H12Cl2N2S2. The number of aromatic nitrogens is 1. The molecule has 0 amide bonds. The van der Waals surface area contributed by atoms with Crippen LogP contribution in [-0.2, 0) is 13.1 Å². The largest absolute Gasteiger partial charge is 0.306 e. The number of benzene rings is 1. The van der Waals surface area contributed by atoms with Gasteiger partial charge in [0.2, 0.25) is 0 Å². The normalized spacial score (nSPS) is 11.0. The molecule has 2 aromatic heterocycles. The fraction of sp³-hybridized carbons (Fsp3) is 0.133. The molecule has 1 N–H and O–H groups in total. The van der Waals surface area contributed by atoms with E-state index in [1.165, 1.54) is 10.4 Å². The standard InChI is InChI=1S/C15H12Cl2N2S2/c16-12-2-1-10(5-13(12)17)6-18-8-15-19-7-14(21-15)11-3-4-20-9-11/h1-5,7,9,18H,6,8H2. The average Bonchev–Trinajstić information content (AvgIpc) is 3.13. The molecule has 0 saturated heterocycles. The van der Waals surface area contributed by atoms with E-state index in [1.54, 1.807) is 22.7 Å². The van der Waals surface area contributed by atoms with Crippen molar-refractivity contribution >= 4 is 45.9 Å². The van der Waals surface area contributed by atoms with E-state index in [-0.39, 0.29) is 0 Å². The summed E-state index contributed by atoms with van der Waals surface area (Å²) in [5.41, 5.74) is 2.35. The van der Waals surface area contributed by atoms with Crippen LogP contribution in [0, 0.1) is 0 Å². The second kappa shape index (κ2) is 6.90. The minimum Gasteiger partial charge on any atom is -0.306 e. The lowest BCUT2D eigenvalue weighted by Crippen LogP contribution is -2.12. The van der Waals surface area contributed by atoms with Crippen molar-refractivity contribution in [3.63, 3.8) is 0 Å². The first-order chi connectivity index (χ1) is 10.2. The summed E-state index contributed by atoms with van der Waals surface area (Å²) in [4.78, 5) is 5.66. The number of thiophene rings is 1. The highest BCUT2D eigenvalue weighted by atomic mass is 35.5. The van der Waals surface area contributed by atoms with Crippen molar-refractivity contribution in [1.82, 2.24) is 10.3 Å². The number of hydrogen-bond donors (Lipinski definition) is 1. The molecule has 1 aromatic carbocycles. The molecule has 0 unspecified atom stereocenters. The van der Waals surface area contributed by atoms with E-state index in [4.69, 9.17) is 23.2 Å². The van der Waals surface area contributed by atoms with Gasteiger partial charge >= 0.3 is 0 Å². The lowest BCUT2D eigenvalue weighted by atomic mass is 10.2. The molecule has 0 aliphatic rings. The van der Waals surface area contributed by atoms with E-state index in [0.29, 0.717) is 10.0 Å². The molecule has 21 heavy (non-hydrogen) atoms. The van der Waals surface area contributed by atoms with E-state index in [0.717, 1.165) is 23.7 Å². The maximum absolute atomic E-state index is 6.00. The molecule has 6 heteroatoms. The van der Waals surface area contributed by atoms with E-state index in [9.17, 15) is 0 Å². The van der Waals surface area contributed by atoms with Gasteiger partial charge < -0.3 is 5.32 Å². The van der Waals surface area contributed by atoms with Crippen LogP contribution in [0.15, 0.2) is 41.2 Å². The van der Waals surface area contributed by atoms with Crippen LogP contribution in [-0.4, -0.2) is 4.98 Å². The molecule has 0 radical (unpaired) electrons. The first kappa shape index (κ1) is 15.0. The van der Waals surface area contributed by atoms with Crippen molar-refractivity contribution in [1.29, 1.82) is 0 Å². The first-order valence-corrected chi connectivity index (χ1v) is 8.86. The van der Waals surface area contributed by atoms with Crippen molar-refractivity contribution < 1.29 is 0 Å². The Hall–Kier alpha value is -0.910. The summed E-state index contributed by atoms with van der Waals surface area (Å²) < 4.78 is 0. The molecule has 2 heterocycles. The lowest BCUT2D eigenvalue weighted by Gasteiger charge is -2.04. The van der Waals surface area contributed by atoms with Gasteiger partial charge in [0.1, 0.15) is 5.01 Å². The van der Waals surface area contributed by atoms with Crippen molar-refractivity contribution in [3.8, 4) is 10.4 Å². The SMILES string of the molecule is Clc1ccc(CNCc2ncc(-c3ccsc3)s2)cc1Cl. The molecule has 2 nitrogen and oxygen atoms in total. The molecular weight excluding hydrogens is 343 g/mol. The Morgan fingerprint density at radius 1 is 1.10 bits per heavy atom. The molecule has 0 fully saturated rings. The van der Waals surface area contributed by atoms with Crippen LogP contribution in [0.5, 0.6) is 0 Å². The zero-order valence-corrected chi connectivity index (χ0v) is 14.1. The minimum absolute atomic E-state index is 0.584. The fourth-order valence-corrected chi connectivity index (χ4v) is 3.83. The van der Waals surface area contributed by atoms with E-state index in [1.807, 2.05) is 24.4 Å². The van der Waals surface area contributed by atoms with Crippen molar-refractivity contribution in [2.24, 2.45) is 0 Å². The summed E-state index contributed by atoms with van der Waals surface area (Å²) >= 11 is 15.3. The highest BCUT2D eigenvalue weighted by molar-refractivity contribution is 7.15. The summed E-state index contributed by atoms with van der Waals surface area (Å²) in [5.74, 6) is 0. The molecule has 0 saturated carbocycles. The van der Waals surface area contributed by atoms with E-state index >= 15 is 0 Å². The van der Waals surface area contributed by atoms with Gasteiger partial charge in [-0.25, -0.2) is 4.98 Å². The summed E-state index contributed by atoms with van der Waals surface area (Å²) in [6.45, 7) is 1.49. The smallest absolute Gasteiger partial charge is 0.107 e. The summed E-state index contributed by atoms with van der Waals surface area (Å²) in [7, 11) is 0. The number of rotatable bonds is 5. The van der Waals surface area contributed by atoms with Gasteiger partial charge in [-0.2, -0.15) is 11.3 Å². The van der Waals surface area contributed by atoms with Gasteiger partial charge in [-0.3, -0.25) is 0 Å². The predicted molar refractivity (Wildman–Crippen MR) is 92.4 cm³/mol. The van der Waals surface area contributed by atoms with Crippen LogP contribution in [0.25, 0.3) is 10.4 Å². The molecule has 0 bridgehead atoms. The Kier molecular flexibility index (Phi) is 4.93. The Morgan fingerprint density at radius 3 is 2.76 bits per heavy atom. The molecule has 108 valence electrons. The molecule has 3 aromatic rings. The summed E-state index contributed by atoms with van der Waals surface area (Å²) in [6, 6.07) is 7.79. The Labute approximate surface area is 141 Å². The Bertz CT molecular complexity index is 723. The van der Waals surface area contributed by atoms with Crippen molar-refractivity contribution in [2.45, 2.75) is 13.1 Å². The van der Waals surface area contributed by atoms with Crippen LogP contribution in [0.3, 0.4) is 0 Å². The second-order valence-electron chi connectivity index (χ2n) is 4.48. The van der Waals surface area contributed by atoms with E-state index in [2.05, 4.69) is 27.1 Å². The summed E-state index contributed by atoms with van der Waals surface area (Å²) in [5, 5.41) is 9.84. The van der Waals surface area contributed by atoms with Gasteiger partial charge in [0, 0.05) is 24.8 Å². The highest BCUT2D eigenvalue weighted by Gasteiger charge is 2.05. The lowest BCUT2D eigenvalue weighted by molar-refractivity contribution is 0.690. The first-order valence-electron chi connectivity index (χ1n) is 6.34. The number of nitrogens with zero attached hydrogens (tertiary/aromatic N) is 1. The maximum Gasteiger partial charge on any atom is 0.107 e. The molecule has 0 spiro atoms. The third-order valence-corrected chi connectivity index (χ3v) is 5.42. The van der Waals surface area contributed by atoms with Crippen LogP contribution in [0.1, 0.15) is 10.6 Å². The zero-order chi connectivity index (χ0) is 14.7. The number of halogens is 2. The molecule has 0 aliphatic carbocycles. The number of thiazole rings is 1. The van der Waals surface area contributed by atoms with Crippen molar-refractivity contribution in [3.05, 3.63) is 61.8 Å². The third kappa shape index (κ3) is 3.84. The molecule has 0 aliphatic heterocycles. The van der Waals surface area contributed by atoms with Crippen LogP contribution in [0.4, 0.5) is 0 Å². The van der Waals surface area contributed by atoms with Crippen LogP contribution >= 0.6 is 45.9 Å².